The van der Waals surface area contributed by atoms with Gasteiger partial charge in [-0.1, -0.05) is 12.1 Å². The lowest BCUT2D eigenvalue weighted by Gasteiger charge is -2.33. The van der Waals surface area contributed by atoms with Gasteiger partial charge in [0.1, 0.15) is 0 Å². The summed E-state index contributed by atoms with van der Waals surface area (Å²) in [6.45, 7) is 6.39. The zero-order valence-corrected chi connectivity index (χ0v) is 14.9. The lowest BCUT2D eigenvalue weighted by Crippen LogP contribution is -2.46. The number of thiazole rings is 1. The average molecular weight is 345 g/mol. The fourth-order valence-electron chi connectivity index (χ4n) is 3.04. The number of hydrogen-bond acceptors (Lipinski definition) is 5. The van der Waals surface area contributed by atoms with Gasteiger partial charge in [0, 0.05) is 18.7 Å². The van der Waals surface area contributed by atoms with Crippen molar-refractivity contribution in [3.8, 4) is 10.4 Å². The first-order valence-corrected chi connectivity index (χ1v) is 9.05. The summed E-state index contributed by atoms with van der Waals surface area (Å²) in [7, 11) is 0. The minimum atomic E-state index is 0.0438. The van der Waals surface area contributed by atoms with Crippen LogP contribution in [-0.2, 0) is 4.74 Å². The molecule has 0 spiro atoms. The van der Waals surface area contributed by atoms with Crippen molar-refractivity contribution in [2.45, 2.75) is 26.4 Å². The van der Waals surface area contributed by atoms with E-state index in [0.717, 1.165) is 27.6 Å². The molecule has 1 saturated heterocycles. The summed E-state index contributed by atoms with van der Waals surface area (Å²) >= 11 is 1.66. The van der Waals surface area contributed by atoms with Crippen molar-refractivity contribution >= 4 is 17.2 Å². The molecule has 0 aliphatic carbocycles. The van der Waals surface area contributed by atoms with Gasteiger partial charge >= 0.3 is 0 Å². The molecule has 1 aromatic heterocycles. The van der Waals surface area contributed by atoms with Gasteiger partial charge in [0.05, 0.1) is 28.3 Å². The fourth-order valence-corrected chi connectivity index (χ4v) is 3.96. The number of aryl methyl sites for hydroxylation is 2. The van der Waals surface area contributed by atoms with Gasteiger partial charge in [0.15, 0.2) is 0 Å². The molecule has 1 fully saturated rings. The quantitative estimate of drug-likeness (QED) is 0.925. The third-order valence-corrected chi connectivity index (χ3v) is 5.31. The van der Waals surface area contributed by atoms with Crippen LogP contribution in [0.4, 0.5) is 0 Å². The van der Waals surface area contributed by atoms with Gasteiger partial charge in [0.25, 0.3) is 5.91 Å². The zero-order chi connectivity index (χ0) is 17.1. The second kappa shape index (κ2) is 7.42. The standard InChI is InChI=1S/C18H23N3O2S/c1-12-17(24-13(2)20-12)14-4-3-5-15(10-14)18(22)21-8-9-23-16(11-21)6-7-19/h3-5,10,16H,6-9,11,19H2,1-2H3/t16-/m0/s1. The molecule has 2 heterocycles. The van der Waals surface area contributed by atoms with E-state index >= 15 is 0 Å². The van der Waals surface area contributed by atoms with E-state index in [1.165, 1.54) is 0 Å². The Morgan fingerprint density at radius 1 is 1.46 bits per heavy atom. The van der Waals surface area contributed by atoms with E-state index in [1.54, 1.807) is 11.3 Å². The monoisotopic (exact) mass is 345 g/mol. The first-order valence-electron chi connectivity index (χ1n) is 8.24. The number of aromatic nitrogens is 1. The molecule has 1 atom stereocenters. The number of hydrogen-bond donors (Lipinski definition) is 1. The van der Waals surface area contributed by atoms with Crippen molar-refractivity contribution in [1.29, 1.82) is 0 Å². The predicted octanol–water partition coefficient (Wildman–Crippen LogP) is 2.62. The van der Waals surface area contributed by atoms with E-state index in [2.05, 4.69) is 4.98 Å². The van der Waals surface area contributed by atoms with Crippen LogP contribution < -0.4 is 5.73 Å². The SMILES string of the molecule is Cc1nc(C)c(-c2cccc(C(=O)N3CCO[C@@H](CCN)C3)c2)s1. The summed E-state index contributed by atoms with van der Waals surface area (Å²) in [6.07, 6.45) is 0.825. The molecule has 1 aromatic carbocycles. The van der Waals surface area contributed by atoms with Crippen molar-refractivity contribution in [3.63, 3.8) is 0 Å². The maximum absolute atomic E-state index is 12.9. The molecular formula is C18H23N3O2S. The Morgan fingerprint density at radius 2 is 2.29 bits per heavy atom. The van der Waals surface area contributed by atoms with E-state index in [9.17, 15) is 4.79 Å². The van der Waals surface area contributed by atoms with Crippen LogP contribution in [0.2, 0.25) is 0 Å². The molecule has 1 aliphatic heterocycles. The molecule has 6 heteroatoms. The Labute approximate surface area is 146 Å². The van der Waals surface area contributed by atoms with Crippen LogP contribution in [0, 0.1) is 13.8 Å². The van der Waals surface area contributed by atoms with Gasteiger partial charge in [-0.05, 0) is 44.5 Å². The number of nitrogens with zero attached hydrogens (tertiary/aromatic N) is 2. The highest BCUT2D eigenvalue weighted by atomic mass is 32.1. The first-order chi connectivity index (χ1) is 11.6. The molecule has 1 aliphatic rings. The van der Waals surface area contributed by atoms with E-state index < -0.39 is 0 Å². The molecular weight excluding hydrogens is 322 g/mol. The summed E-state index contributed by atoms with van der Waals surface area (Å²) in [6, 6.07) is 7.82. The van der Waals surface area contributed by atoms with Crippen LogP contribution in [0.25, 0.3) is 10.4 Å². The number of ether oxygens (including phenoxy) is 1. The molecule has 24 heavy (non-hydrogen) atoms. The van der Waals surface area contributed by atoms with Crippen LogP contribution in [0.15, 0.2) is 24.3 Å². The summed E-state index contributed by atoms with van der Waals surface area (Å²) < 4.78 is 5.67. The smallest absolute Gasteiger partial charge is 0.254 e. The van der Waals surface area contributed by atoms with Crippen molar-refractivity contribution in [2.24, 2.45) is 5.73 Å². The second-order valence-electron chi connectivity index (χ2n) is 6.05. The van der Waals surface area contributed by atoms with Crippen LogP contribution in [-0.4, -0.2) is 48.1 Å². The minimum Gasteiger partial charge on any atom is -0.374 e. The van der Waals surface area contributed by atoms with Gasteiger partial charge in [-0.2, -0.15) is 0 Å². The summed E-state index contributed by atoms with van der Waals surface area (Å²) in [5, 5.41) is 1.04. The van der Waals surface area contributed by atoms with Gasteiger partial charge < -0.3 is 15.4 Å². The molecule has 0 unspecified atom stereocenters. The predicted molar refractivity (Wildman–Crippen MR) is 96.3 cm³/mol. The van der Waals surface area contributed by atoms with E-state index in [0.29, 0.717) is 31.8 Å². The molecule has 0 saturated carbocycles. The third kappa shape index (κ3) is 3.66. The largest absolute Gasteiger partial charge is 0.374 e. The summed E-state index contributed by atoms with van der Waals surface area (Å²) in [4.78, 5) is 20.3. The van der Waals surface area contributed by atoms with Crippen molar-refractivity contribution in [3.05, 3.63) is 40.5 Å². The maximum atomic E-state index is 12.9. The van der Waals surface area contributed by atoms with Crippen molar-refractivity contribution < 1.29 is 9.53 Å². The van der Waals surface area contributed by atoms with E-state index in [-0.39, 0.29) is 12.0 Å². The number of carbonyl (C=O) groups is 1. The first kappa shape index (κ1) is 17.1. The minimum absolute atomic E-state index is 0.0438. The third-order valence-electron chi connectivity index (χ3n) is 4.19. The Kier molecular flexibility index (Phi) is 5.28. The summed E-state index contributed by atoms with van der Waals surface area (Å²) in [5.74, 6) is 0.0565. The highest BCUT2D eigenvalue weighted by Crippen LogP contribution is 2.30. The Balaban J connectivity index is 1.80. The normalized spacial score (nSPS) is 18.0. The topological polar surface area (TPSA) is 68.5 Å². The second-order valence-corrected chi connectivity index (χ2v) is 7.25. The molecule has 3 rings (SSSR count). The highest BCUT2D eigenvalue weighted by molar-refractivity contribution is 7.15. The van der Waals surface area contributed by atoms with Gasteiger partial charge in [-0.15, -0.1) is 11.3 Å². The number of morpholine rings is 1. The van der Waals surface area contributed by atoms with Gasteiger partial charge in [-0.25, -0.2) is 4.98 Å². The number of rotatable bonds is 4. The van der Waals surface area contributed by atoms with Crippen molar-refractivity contribution in [1.82, 2.24) is 9.88 Å². The van der Waals surface area contributed by atoms with Gasteiger partial charge in [-0.3, -0.25) is 4.79 Å². The number of nitrogens with two attached hydrogens (primary N) is 1. The van der Waals surface area contributed by atoms with Crippen LogP contribution >= 0.6 is 11.3 Å². The fraction of sp³-hybridized carbons (Fsp3) is 0.444. The van der Waals surface area contributed by atoms with E-state index in [1.807, 2.05) is 43.0 Å². The Bertz CT molecular complexity index is 727. The molecule has 2 aromatic rings. The maximum Gasteiger partial charge on any atom is 0.254 e. The van der Waals surface area contributed by atoms with Crippen molar-refractivity contribution in [2.75, 3.05) is 26.2 Å². The Hall–Kier alpha value is -1.76. The highest BCUT2D eigenvalue weighted by Gasteiger charge is 2.24. The lowest BCUT2D eigenvalue weighted by atomic mass is 10.1. The Morgan fingerprint density at radius 3 is 3.00 bits per heavy atom. The molecule has 2 N–H and O–H groups in total. The lowest BCUT2D eigenvalue weighted by molar-refractivity contribution is -0.0236. The van der Waals surface area contributed by atoms with E-state index in [4.69, 9.17) is 10.5 Å². The molecule has 0 radical (unpaired) electrons. The summed E-state index contributed by atoms with van der Waals surface area (Å²) in [5.41, 5.74) is 8.38. The molecule has 128 valence electrons. The zero-order valence-electron chi connectivity index (χ0n) is 14.1. The van der Waals surface area contributed by atoms with Crippen LogP contribution in [0.5, 0.6) is 0 Å². The molecule has 5 nitrogen and oxygen atoms in total. The number of carbonyl (C=O) groups excluding carboxylic acids is 1. The van der Waals surface area contributed by atoms with Crippen LogP contribution in [0.3, 0.4) is 0 Å². The average Bonchev–Trinajstić information content (AvgIpc) is 2.93. The number of amides is 1. The van der Waals surface area contributed by atoms with Crippen LogP contribution in [0.1, 0.15) is 27.5 Å². The number of benzene rings is 1. The molecule has 0 bridgehead atoms. The molecule has 1 amide bonds. The van der Waals surface area contributed by atoms with Gasteiger partial charge in [0.2, 0.25) is 0 Å².